The summed E-state index contributed by atoms with van der Waals surface area (Å²) < 4.78 is 0. The van der Waals surface area contributed by atoms with Crippen LogP contribution in [0.5, 0.6) is 0 Å². The van der Waals surface area contributed by atoms with Crippen LogP contribution in [0.4, 0.5) is 0 Å². The maximum Gasteiger partial charge on any atom is 0.303 e. The minimum absolute atomic E-state index is 0.0448. The third-order valence-electron chi connectivity index (χ3n) is 1.96. The van der Waals surface area contributed by atoms with Crippen molar-refractivity contribution < 1.29 is 14.7 Å². The van der Waals surface area contributed by atoms with Crippen LogP contribution in [0.15, 0.2) is 12.2 Å². The first-order chi connectivity index (χ1) is 6.93. The van der Waals surface area contributed by atoms with Crippen LogP contribution in [-0.4, -0.2) is 35.5 Å². The van der Waals surface area contributed by atoms with Crippen molar-refractivity contribution in [2.24, 2.45) is 0 Å². The Morgan fingerprint density at radius 2 is 1.80 bits per heavy atom. The van der Waals surface area contributed by atoms with Crippen molar-refractivity contribution in [3.8, 4) is 0 Å². The normalized spacial score (nSPS) is 9.73. The lowest BCUT2D eigenvalue weighted by Crippen LogP contribution is -2.27. The predicted molar refractivity (Wildman–Crippen MR) is 58.6 cm³/mol. The standard InChI is InChI=1S/C11H19NO3/c1-9(2)8-12(3)10(13)6-4-5-7-11(14)15/h1,4-8H2,2-3H3,(H,14,15). The molecular formula is C11H19NO3. The van der Waals surface area contributed by atoms with Gasteiger partial charge in [0.05, 0.1) is 0 Å². The lowest BCUT2D eigenvalue weighted by Gasteiger charge is -2.16. The van der Waals surface area contributed by atoms with E-state index in [1.54, 1.807) is 11.9 Å². The quantitative estimate of drug-likeness (QED) is 0.517. The average molecular weight is 213 g/mol. The molecule has 0 spiro atoms. The second kappa shape index (κ2) is 7.04. The first-order valence-corrected chi connectivity index (χ1v) is 5.03. The van der Waals surface area contributed by atoms with Gasteiger partial charge >= 0.3 is 5.97 Å². The van der Waals surface area contributed by atoms with Gasteiger partial charge in [0.2, 0.25) is 5.91 Å². The van der Waals surface area contributed by atoms with E-state index in [4.69, 9.17) is 5.11 Å². The summed E-state index contributed by atoms with van der Waals surface area (Å²) in [7, 11) is 1.73. The Hall–Kier alpha value is -1.32. The van der Waals surface area contributed by atoms with E-state index >= 15 is 0 Å². The molecule has 0 heterocycles. The maximum absolute atomic E-state index is 11.5. The number of carbonyl (C=O) groups is 2. The van der Waals surface area contributed by atoms with Crippen molar-refractivity contribution in [1.82, 2.24) is 4.90 Å². The molecule has 1 N–H and O–H groups in total. The van der Waals surface area contributed by atoms with E-state index in [-0.39, 0.29) is 12.3 Å². The van der Waals surface area contributed by atoms with Crippen LogP contribution < -0.4 is 0 Å². The SMILES string of the molecule is C=C(C)CN(C)C(=O)CCCCC(=O)O. The largest absolute Gasteiger partial charge is 0.481 e. The minimum atomic E-state index is -0.808. The molecule has 0 saturated carbocycles. The molecule has 4 nitrogen and oxygen atoms in total. The van der Waals surface area contributed by atoms with Gasteiger partial charge in [-0.3, -0.25) is 9.59 Å². The molecule has 15 heavy (non-hydrogen) atoms. The molecule has 0 bridgehead atoms. The van der Waals surface area contributed by atoms with Crippen molar-refractivity contribution in [3.05, 3.63) is 12.2 Å². The Bertz CT molecular complexity index is 248. The van der Waals surface area contributed by atoms with Gasteiger partial charge in [0.15, 0.2) is 0 Å². The molecule has 0 aromatic carbocycles. The number of unbranched alkanes of at least 4 members (excludes halogenated alkanes) is 1. The van der Waals surface area contributed by atoms with Gasteiger partial charge in [0.1, 0.15) is 0 Å². The van der Waals surface area contributed by atoms with Gasteiger partial charge in [-0.2, -0.15) is 0 Å². The lowest BCUT2D eigenvalue weighted by molar-refractivity contribution is -0.137. The van der Waals surface area contributed by atoms with Gasteiger partial charge in [0, 0.05) is 26.4 Å². The van der Waals surface area contributed by atoms with Crippen LogP contribution >= 0.6 is 0 Å². The third-order valence-corrected chi connectivity index (χ3v) is 1.96. The highest BCUT2D eigenvalue weighted by Gasteiger charge is 2.08. The van der Waals surface area contributed by atoms with Gasteiger partial charge in [-0.05, 0) is 19.8 Å². The number of rotatable bonds is 7. The molecule has 0 atom stereocenters. The Morgan fingerprint density at radius 1 is 1.27 bits per heavy atom. The highest BCUT2D eigenvalue weighted by atomic mass is 16.4. The van der Waals surface area contributed by atoms with E-state index in [2.05, 4.69) is 6.58 Å². The number of hydrogen-bond acceptors (Lipinski definition) is 2. The van der Waals surface area contributed by atoms with Crippen LogP contribution in [0.1, 0.15) is 32.6 Å². The second-order valence-corrected chi connectivity index (χ2v) is 3.81. The van der Waals surface area contributed by atoms with Crippen LogP contribution in [0, 0.1) is 0 Å². The molecule has 4 heteroatoms. The molecule has 86 valence electrons. The zero-order valence-electron chi connectivity index (χ0n) is 9.45. The number of nitrogens with zero attached hydrogens (tertiary/aromatic N) is 1. The van der Waals surface area contributed by atoms with Crippen molar-refractivity contribution in [2.75, 3.05) is 13.6 Å². The van der Waals surface area contributed by atoms with Crippen LogP contribution in [0.3, 0.4) is 0 Å². The van der Waals surface area contributed by atoms with Gasteiger partial charge in [0.25, 0.3) is 0 Å². The minimum Gasteiger partial charge on any atom is -0.481 e. The Morgan fingerprint density at radius 3 is 2.27 bits per heavy atom. The van der Waals surface area contributed by atoms with Gasteiger partial charge in [-0.25, -0.2) is 0 Å². The molecule has 0 aliphatic rings. The van der Waals surface area contributed by atoms with Crippen molar-refractivity contribution in [1.29, 1.82) is 0 Å². The highest BCUT2D eigenvalue weighted by Crippen LogP contribution is 2.03. The van der Waals surface area contributed by atoms with Gasteiger partial charge < -0.3 is 10.0 Å². The number of amides is 1. The van der Waals surface area contributed by atoms with Crippen LogP contribution in [0.2, 0.25) is 0 Å². The van der Waals surface area contributed by atoms with Crippen molar-refractivity contribution in [2.45, 2.75) is 32.6 Å². The summed E-state index contributed by atoms with van der Waals surface area (Å²) in [6, 6.07) is 0. The zero-order valence-corrected chi connectivity index (χ0v) is 9.45. The lowest BCUT2D eigenvalue weighted by atomic mass is 10.2. The fourth-order valence-electron chi connectivity index (χ4n) is 1.24. The Balaban J connectivity index is 3.64. The summed E-state index contributed by atoms with van der Waals surface area (Å²) >= 11 is 0. The molecule has 1 amide bonds. The molecule has 0 saturated heterocycles. The summed E-state index contributed by atoms with van der Waals surface area (Å²) in [5, 5.41) is 8.40. The first kappa shape index (κ1) is 13.7. The second-order valence-electron chi connectivity index (χ2n) is 3.81. The number of likely N-dealkylation sites (N-methyl/N-ethyl adjacent to an activating group) is 1. The zero-order chi connectivity index (χ0) is 11.8. The summed E-state index contributed by atoms with van der Waals surface area (Å²) in [6.45, 7) is 6.16. The van der Waals surface area contributed by atoms with E-state index in [0.29, 0.717) is 25.8 Å². The molecule has 0 aliphatic carbocycles. The molecule has 0 fully saturated rings. The summed E-state index contributed by atoms with van der Waals surface area (Å²) in [6.07, 6.45) is 1.74. The van der Waals surface area contributed by atoms with Crippen molar-refractivity contribution in [3.63, 3.8) is 0 Å². The maximum atomic E-state index is 11.5. The topological polar surface area (TPSA) is 57.6 Å². The van der Waals surface area contributed by atoms with Crippen LogP contribution in [0.25, 0.3) is 0 Å². The third kappa shape index (κ3) is 7.73. The molecule has 0 rings (SSSR count). The number of aliphatic carboxylic acids is 1. The smallest absolute Gasteiger partial charge is 0.303 e. The average Bonchev–Trinajstić information content (AvgIpc) is 2.10. The predicted octanol–water partition coefficient (Wildman–Crippen LogP) is 1.67. The number of carbonyl (C=O) groups excluding carboxylic acids is 1. The van der Waals surface area contributed by atoms with Gasteiger partial charge in [-0.15, -0.1) is 0 Å². The molecule has 0 radical (unpaired) electrons. The van der Waals surface area contributed by atoms with Crippen LogP contribution in [-0.2, 0) is 9.59 Å². The molecule has 0 aliphatic heterocycles. The molecule has 0 aromatic heterocycles. The van der Waals surface area contributed by atoms with E-state index in [9.17, 15) is 9.59 Å². The summed E-state index contributed by atoms with van der Waals surface area (Å²) in [5.41, 5.74) is 0.941. The Labute approximate surface area is 90.6 Å². The summed E-state index contributed by atoms with van der Waals surface area (Å²) in [5.74, 6) is -0.763. The number of carboxylic acids is 1. The fourth-order valence-corrected chi connectivity index (χ4v) is 1.24. The molecular weight excluding hydrogens is 194 g/mol. The monoisotopic (exact) mass is 213 g/mol. The number of hydrogen-bond donors (Lipinski definition) is 1. The summed E-state index contributed by atoms with van der Waals surface area (Å²) in [4.78, 5) is 23.3. The molecule has 0 aromatic rings. The number of carboxylic acid groups (broad SMARTS) is 1. The molecule has 0 unspecified atom stereocenters. The van der Waals surface area contributed by atoms with E-state index < -0.39 is 5.97 Å². The highest BCUT2D eigenvalue weighted by molar-refractivity contribution is 5.76. The van der Waals surface area contributed by atoms with Crippen molar-refractivity contribution >= 4 is 11.9 Å². The fraction of sp³-hybridized carbons (Fsp3) is 0.636. The first-order valence-electron chi connectivity index (χ1n) is 5.03. The van der Waals surface area contributed by atoms with E-state index in [0.717, 1.165) is 5.57 Å². The van der Waals surface area contributed by atoms with E-state index in [1.165, 1.54) is 0 Å². The van der Waals surface area contributed by atoms with E-state index in [1.807, 2.05) is 6.92 Å². The van der Waals surface area contributed by atoms with Gasteiger partial charge in [-0.1, -0.05) is 12.2 Å². The Kier molecular flexibility index (Phi) is 6.42.